The number of carboxylic acid groups (broad SMARTS) is 1. The molecule has 11 heteroatoms. The zero-order valence-electron chi connectivity index (χ0n) is 14.7. The van der Waals surface area contributed by atoms with Crippen LogP contribution in [0.2, 0.25) is 0 Å². The Labute approximate surface area is 150 Å². The number of carbonyl (C=O) groups excluding carboxylic acids is 3. The smallest absolute Gasteiger partial charge is 0.328 e. The maximum Gasteiger partial charge on any atom is 0.328 e. The van der Waals surface area contributed by atoms with E-state index in [4.69, 9.17) is 15.9 Å². The first-order chi connectivity index (χ1) is 12.1. The number of hydrogen-bond donors (Lipinski definition) is 6. The summed E-state index contributed by atoms with van der Waals surface area (Å²) in [5, 5.41) is 31.7. The number of nitrogens with zero attached hydrogens (tertiary/aromatic N) is 1. The molecule has 0 aliphatic carbocycles. The summed E-state index contributed by atoms with van der Waals surface area (Å²) in [4.78, 5) is 48.7. The summed E-state index contributed by atoms with van der Waals surface area (Å²) >= 11 is 0. The number of carboxylic acids is 1. The molecule has 5 atom stereocenters. The molecular formula is C15H26N4O7. The van der Waals surface area contributed by atoms with Crippen molar-refractivity contribution in [3.05, 3.63) is 0 Å². The summed E-state index contributed by atoms with van der Waals surface area (Å²) in [7, 11) is 0. The van der Waals surface area contributed by atoms with Crippen LogP contribution in [-0.2, 0) is 19.2 Å². The van der Waals surface area contributed by atoms with E-state index in [2.05, 4.69) is 10.6 Å². The van der Waals surface area contributed by atoms with Gasteiger partial charge in [-0.15, -0.1) is 0 Å². The monoisotopic (exact) mass is 374 g/mol. The summed E-state index contributed by atoms with van der Waals surface area (Å²) in [5.74, 6) is -3.32. The van der Waals surface area contributed by atoms with Crippen LogP contribution < -0.4 is 16.4 Å². The first-order valence-electron chi connectivity index (χ1n) is 8.28. The molecule has 1 fully saturated rings. The van der Waals surface area contributed by atoms with Crippen molar-refractivity contribution in [1.82, 2.24) is 15.5 Å². The molecule has 0 radical (unpaired) electrons. The van der Waals surface area contributed by atoms with Crippen LogP contribution in [0, 0.1) is 0 Å². The van der Waals surface area contributed by atoms with Gasteiger partial charge in [-0.05, 0) is 26.7 Å². The van der Waals surface area contributed by atoms with Crippen molar-refractivity contribution < 1.29 is 34.5 Å². The minimum absolute atomic E-state index is 0.309. The van der Waals surface area contributed by atoms with E-state index in [0.717, 1.165) is 0 Å². The van der Waals surface area contributed by atoms with Crippen molar-refractivity contribution in [3.63, 3.8) is 0 Å². The predicted octanol–water partition coefficient (Wildman–Crippen LogP) is -3.25. The molecule has 0 spiro atoms. The standard InChI is InChI=1S/C15H26N4O7/c1-7(12(22)18-9(6-20)15(25)26)17-13(23)10-4-3-5-19(10)14(24)11(16)8(2)21/h7-11,20-21H,3-6,16H2,1-2H3,(H,17,23)(H,18,22)(H,25,26). The minimum atomic E-state index is -1.48. The predicted molar refractivity (Wildman–Crippen MR) is 88.6 cm³/mol. The van der Waals surface area contributed by atoms with Crippen LogP contribution >= 0.6 is 0 Å². The number of likely N-dealkylation sites (tertiary alicyclic amines) is 1. The van der Waals surface area contributed by atoms with Gasteiger partial charge in [-0.3, -0.25) is 14.4 Å². The molecule has 1 heterocycles. The van der Waals surface area contributed by atoms with Gasteiger partial charge in [0.1, 0.15) is 24.2 Å². The fraction of sp³-hybridized carbons (Fsp3) is 0.733. The molecular weight excluding hydrogens is 348 g/mol. The van der Waals surface area contributed by atoms with E-state index in [1.54, 1.807) is 0 Å². The Morgan fingerprint density at radius 3 is 2.35 bits per heavy atom. The third-order valence-electron chi connectivity index (χ3n) is 4.19. The zero-order chi connectivity index (χ0) is 20.0. The third-order valence-corrected chi connectivity index (χ3v) is 4.19. The lowest BCUT2D eigenvalue weighted by atomic mass is 10.1. The zero-order valence-corrected chi connectivity index (χ0v) is 14.7. The molecule has 0 bridgehead atoms. The molecule has 0 aromatic rings. The van der Waals surface area contributed by atoms with Gasteiger partial charge in [0, 0.05) is 6.54 Å². The molecule has 1 rings (SSSR count). The van der Waals surface area contributed by atoms with Crippen LogP contribution in [0.3, 0.4) is 0 Å². The molecule has 26 heavy (non-hydrogen) atoms. The number of carbonyl (C=O) groups is 4. The lowest BCUT2D eigenvalue weighted by Gasteiger charge is -2.28. The average molecular weight is 374 g/mol. The molecule has 1 aliphatic heterocycles. The van der Waals surface area contributed by atoms with Crippen LogP contribution in [0.5, 0.6) is 0 Å². The highest BCUT2D eigenvalue weighted by molar-refractivity contribution is 5.94. The summed E-state index contributed by atoms with van der Waals surface area (Å²) in [5.41, 5.74) is 5.63. The van der Waals surface area contributed by atoms with Crippen molar-refractivity contribution in [1.29, 1.82) is 0 Å². The lowest BCUT2D eigenvalue weighted by Crippen LogP contribution is -2.57. The number of nitrogens with two attached hydrogens (primary N) is 1. The van der Waals surface area contributed by atoms with Gasteiger partial charge in [0.05, 0.1) is 12.7 Å². The number of aliphatic hydroxyl groups is 2. The van der Waals surface area contributed by atoms with Gasteiger partial charge in [-0.25, -0.2) is 4.79 Å². The van der Waals surface area contributed by atoms with Gasteiger partial charge in [-0.1, -0.05) is 0 Å². The lowest BCUT2D eigenvalue weighted by molar-refractivity contribution is -0.144. The largest absolute Gasteiger partial charge is 0.480 e. The summed E-state index contributed by atoms with van der Waals surface area (Å²) in [6.45, 7) is 2.25. The molecule has 0 saturated carbocycles. The average Bonchev–Trinajstić information content (AvgIpc) is 3.07. The third kappa shape index (κ3) is 5.38. The highest BCUT2D eigenvalue weighted by atomic mass is 16.4. The minimum Gasteiger partial charge on any atom is -0.480 e. The van der Waals surface area contributed by atoms with Crippen LogP contribution in [-0.4, -0.2) is 87.3 Å². The molecule has 0 aromatic heterocycles. The Kier molecular flexibility index (Phi) is 7.93. The molecule has 0 aromatic carbocycles. The number of aliphatic hydroxyl groups excluding tert-OH is 2. The summed E-state index contributed by atoms with van der Waals surface area (Å²) in [6, 6.07) is -4.52. The maximum absolute atomic E-state index is 12.4. The molecule has 11 nitrogen and oxygen atoms in total. The van der Waals surface area contributed by atoms with E-state index in [0.29, 0.717) is 19.4 Å². The number of aliphatic carboxylic acids is 1. The maximum atomic E-state index is 12.4. The van der Waals surface area contributed by atoms with Gasteiger partial charge in [0.2, 0.25) is 17.7 Å². The second-order valence-electron chi connectivity index (χ2n) is 6.27. The molecule has 148 valence electrons. The summed E-state index contributed by atoms with van der Waals surface area (Å²) < 4.78 is 0. The van der Waals surface area contributed by atoms with Gasteiger partial charge < -0.3 is 36.6 Å². The molecule has 1 aliphatic rings. The highest BCUT2D eigenvalue weighted by Gasteiger charge is 2.38. The molecule has 5 unspecified atom stereocenters. The van der Waals surface area contributed by atoms with E-state index in [9.17, 15) is 24.3 Å². The topological polar surface area (TPSA) is 182 Å². The van der Waals surface area contributed by atoms with Crippen LogP contribution in [0.4, 0.5) is 0 Å². The Bertz CT molecular complexity index is 554. The second kappa shape index (κ2) is 9.46. The van der Waals surface area contributed by atoms with Crippen LogP contribution in [0.25, 0.3) is 0 Å². The summed E-state index contributed by atoms with van der Waals surface area (Å²) in [6.07, 6.45) is -0.113. The Balaban J connectivity index is 2.69. The van der Waals surface area contributed by atoms with E-state index in [-0.39, 0.29) is 0 Å². The van der Waals surface area contributed by atoms with Crippen molar-refractivity contribution in [3.8, 4) is 0 Å². The van der Waals surface area contributed by atoms with Gasteiger partial charge in [0.25, 0.3) is 0 Å². The SMILES string of the molecule is CC(NC(=O)C1CCCN1C(=O)C(N)C(C)O)C(=O)NC(CO)C(=O)O. The van der Waals surface area contributed by atoms with Gasteiger partial charge >= 0.3 is 5.97 Å². The van der Waals surface area contributed by atoms with E-state index < -0.39 is 60.6 Å². The fourth-order valence-electron chi connectivity index (χ4n) is 2.56. The number of nitrogens with one attached hydrogen (secondary N) is 2. The van der Waals surface area contributed by atoms with Crippen molar-refractivity contribution in [2.75, 3.05) is 13.2 Å². The second-order valence-corrected chi connectivity index (χ2v) is 6.27. The van der Waals surface area contributed by atoms with Crippen molar-refractivity contribution >= 4 is 23.7 Å². The van der Waals surface area contributed by atoms with E-state index >= 15 is 0 Å². The highest BCUT2D eigenvalue weighted by Crippen LogP contribution is 2.19. The molecule has 1 saturated heterocycles. The Morgan fingerprint density at radius 1 is 1.23 bits per heavy atom. The van der Waals surface area contributed by atoms with Crippen molar-refractivity contribution in [2.24, 2.45) is 5.73 Å². The Morgan fingerprint density at radius 2 is 1.85 bits per heavy atom. The first kappa shape index (κ1) is 21.8. The molecule has 7 N–H and O–H groups in total. The quantitative estimate of drug-likeness (QED) is 0.256. The normalized spacial score (nSPS) is 21.4. The van der Waals surface area contributed by atoms with Gasteiger partial charge in [-0.2, -0.15) is 0 Å². The van der Waals surface area contributed by atoms with E-state index in [1.165, 1.54) is 18.7 Å². The number of amides is 3. The first-order valence-corrected chi connectivity index (χ1v) is 8.28. The molecule has 3 amide bonds. The van der Waals surface area contributed by atoms with Gasteiger partial charge in [0.15, 0.2) is 0 Å². The van der Waals surface area contributed by atoms with Crippen LogP contribution in [0.15, 0.2) is 0 Å². The fourth-order valence-corrected chi connectivity index (χ4v) is 2.56. The van der Waals surface area contributed by atoms with Crippen molar-refractivity contribution in [2.45, 2.75) is 57.0 Å². The van der Waals surface area contributed by atoms with Crippen LogP contribution in [0.1, 0.15) is 26.7 Å². The Hall–Kier alpha value is -2.24. The number of rotatable bonds is 8. The number of hydrogen-bond acceptors (Lipinski definition) is 7. The van der Waals surface area contributed by atoms with E-state index in [1.807, 2.05) is 0 Å².